The van der Waals surface area contributed by atoms with Gasteiger partial charge in [-0.15, -0.1) is 0 Å². The van der Waals surface area contributed by atoms with Crippen LogP contribution in [0.15, 0.2) is 24.3 Å². The second kappa shape index (κ2) is 7.57. The van der Waals surface area contributed by atoms with Gasteiger partial charge in [-0.2, -0.15) is 0 Å². The highest BCUT2D eigenvalue weighted by Gasteiger charge is 2.20. The molecule has 1 aliphatic heterocycles. The quantitative estimate of drug-likeness (QED) is 0.860. The van der Waals surface area contributed by atoms with Crippen molar-refractivity contribution in [3.05, 3.63) is 35.4 Å². The van der Waals surface area contributed by atoms with Crippen LogP contribution < -0.4 is 10.6 Å². The number of nitrogens with zero attached hydrogens (tertiary/aromatic N) is 1. The predicted molar refractivity (Wildman–Crippen MR) is 86.4 cm³/mol. The Hall–Kier alpha value is -1.39. The number of rotatable bonds is 5. The second-order valence-electron chi connectivity index (χ2n) is 6.12. The first-order valence-corrected chi connectivity index (χ1v) is 7.85. The van der Waals surface area contributed by atoms with E-state index in [0.717, 1.165) is 26.1 Å². The van der Waals surface area contributed by atoms with Crippen LogP contribution in [0.5, 0.6) is 0 Å². The van der Waals surface area contributed by atoms with Gasteiger partial charge in [0, 0.05) is 31.7 Å². The summed E-state index contributed by atoms with van der Waals surface area (Å²) >= 11 is 0. The van der Waals surface area contributed by atoms with Crippen LogP contribution in [-0.2, 0) is 11.2 Å². The van der Waals surface area contributed by atoms with E-state index in [1.54, 1.807) is 0 Å². The van der Waals surface area contributed by atoms with Crippen molar-refractivity contribution in [2.24, 2.45) is 0 Å². The number of carbonyl (C=O) groups is 1. The standard InChI is InChI=1S/C17H27N3O/c1-13-6-4-5-7-16(13)10-14(2)19-17(21)12-20-9-8-18-11-15(20)3/h4-7,14-15,18H,8-12H2,1-3H3,(H,19,21)/t14?,15-/m0/s1. The minimum Gasteiger partial charge on any atom is -0.352 e. The van der Waals surface area contributed by atoms with Gasteiger partial charge in [0.05, 0.1) is 6.54 Å². The molecule has 0 bridgehead atoms. The molecule has 1 aromatic carbocycles. The van der Waals surface area contributed by atoms with Gasteiger partial charge in [0.15, 0.2) is 0 Å². The minimum absolute atomic E-state index is 0.129. The van der Waals surface area contributed by atoms with Gasteiger partial charge in [-0.1, -0.05) is 24.3 Å². The third kappa shape index (κ3) is 4.83. The molecule has 2 rings (SSSR count). The van der Waals surface area contributed by atoms with E-state index in [1.165, 1.54) is 11.1 Å². The van der Waals surface area contributed by atoms with Gasteiger partial charge < -0.3 is 10.6 Å². The summed E-state index contributed by atoms with van der Waals surface area (Å²) in [5.74, 6) is 0.129. The van der Waals surface area contributed by atoms with Crippen molar-refractivity contribution in [3.63, 3.8) is 0 Å². The Morgan fingerprint density at radius 2 is 2.24 bits per heavy atom. The third-order valence-corrected chi connectivity index (χ3v) is 4.18. The topological polar surface area (TPSA) is 44.4 Å². The molecule has 21 heavy (non-hydrogen) atoms. The molecule has 2 N–H and O–H groups in total. The predicted octanol–water partition coefficient (Wildman–Crippen LogP) is 1.34. The van der Waals surface area contributed by atoms with Crippen LogP contribution in [0, 0.1) is 6.92 Å². The number of hydrogen-bond donors (Lipinski definition) is 2. The molecule has 116 valence electrons. The zero-order valence-corrected chi connectivity index (χ0v) is 13.4. The van der Waals surface area contributed by atoms with Crippen LogP contribution >= 0.6 is 0 Å². The van der Waals surface area contributed by atoms with E-state index in [0.29, 0.717) is 12.6 Å². The molecule has 1 aromatic rings. The molecule has 1 fully saturated rings. The normalized spacial score (nSPS) is 21.0. The third-order valence-electron chi connectivity index (χ3n) is 4.18. The van der Waals surface area contributed by atoms with Crippen molar-refractivity contribution in [2.75, 3.05) is 26.2 Å². The highest BCUT2D eigenvalue weighted by molar-refractivity contribution is 5.78. The van der Waals surface area contributed by atoms with Crippen molar-refractivity contribution < 1.29 is 4.79 Å². The first-order valence-electron chi connectivity index (χ1n) is 7.85. The fourth-order valence-corrected chi connectivity index (χ4v) is 2.84. The second-order valence-corrected chi connectivity index (χ2v) is 6.12. The van der Waals surface area contributed by atoms with Crippen molar-refractivity contribution in [2.45, 2.75) is 39.3 Å². The van der Waals surface area contributed by atoms with E-state index in [1.807, 2.05) is 6.07 Å². The average molecular weight is 289 g/mol. The molecule has 4 nitrogen and oxygen atoms in total. The lowest BCUT2D eigenvalue weighted by atomic mass is 10.0. The average Bonchev–Trinajstić information content (AvgIpc) is 2.44. The number of hydrogen-bond acceptors (Lipinski definition) is 3. The molecule has 1 unspecified atom stereocenters. The lowest BCUT2D eigenvalue weighted by Gasteiger charge is -2.33. The summed E-state index contributed by atoms with van der Waals surface area (Å²) in [7, 11) is 0. The monoisotopic (exact) mass is 289 g/mol. The molecular weight excluding hydrogens is 262 g/mol. The molecule has 0 saturated carbocycles. The van der Waals surface area contributed by atoms with Crippen LogP contribution in [0.1, 0.15) is 25.0 Å². The highest BCUT2D eigenvalue weighted by Crippen LogP contribution is 2.09. The van der Waals surface area contributed by atoms with Crippen LogP contribution in [0.3, 0.4) is 0 Å². The molecule has 4 heteroatoms. The summed E-state index contributed by atoms with van der Waals surface area (Å²) in [6, 6.07) is 8.95. The van der Waals surface area contributed by atoms with E-state index >= 15 is 0 Å². The maximum Gasteiger partial charge on any atom is 0.234 e. The Morgan fingerprint density at radius 1 is 1.48 bits per heavy atom. The van der Waals surface area contributed by atoms with Crippen molar-refractivity contribution in [1.82, 2.24) is 15.5 Å². The summed E-state index contributed by atoms with van der Waals surface area (Å²) in [4.78, 5) is 14.4. The molecular formula is C17H27N3O. The molecule has 0 aromatic heterocycles. The summed E-state index contributed by atoms with van der Waals surface area (Å²) < 4.78 is 0. The number of carbonyl (C=O) groups excluding carboxylic acids is 1. The largest absolute Gasteiger partial charge is 0.352 e. The molecule has 0 aliphatic carbocycles. The lowest BCUT2D eigenvalue weighted by molar-refractivity contribution is -0.123. The van der Waals surface area contributed by atoms with Gasteiger partial charge in [-0.05, 0) is 38.3 Å². The molecule has 1 heterocycles. The minimum atomic E-state index is 0.129. The van der Waals surface area contributed by atoms with Crippen LogP contribution in [0.25, 0.3) is 0 Å². The maximum atomic E-state index is 12.2. The molecule has 1 aliphatic rings. The van der Waals surface area contributed by atoms with E-state index in [2.05, 4.69) is 54.5 Å². The van der Waals surface area contributed by atoms with Gasteiger partial charge in [0.2, 0.25) is 5.91 Å². The molecule has 0 spiro atoms. The SMILES string of the molecule is Cc1ccccc1CC(C)NC(=O)CN1CCNC[C@@H]1C. The summed E-state index contributed by atoms with van der Waals surface area (Å²) in [5, 5.41) is 6.47. The van der Waals surface area contributed by atoms with Crippen molar-refractivity contribution >= 4 is 5.91 Å². The number of benzene rings is 1. The smallest absolute Gasteiger partial charge is 0.234 e. The van der Waals surface area contributed by atoms with Crippen molar-refractivity contribution in [1.29, 1.82) is 0 Å². The van der Waals surface area contributed by atoms with Gasteiger partial charge in [0.25, 0.3) is 0 Å². The van der Waals surface area contributed by atoms with Gasteiger partial charge in [-0.3, -0.25) is 9.69 Å². The Balaban J connectivity index is 1.80. The summed E-state index contributed by atoms with van der Waals surface area (Å²) in [6.07, 6.45) is 0.884. The fraction of sp³-hybridized carbons (Fsp3) is 0.588. The maximum absolute atomic E-state index is 12.2. The molecule has 0 radical (unpaired) electrons. The number of nitrogens with one attached hydrogen (secondary N) is 2. The number of piperazine rings is 1. The summed E-state index contributed by atoms with van der Waals surface area (Å²) in [6.45, 7) is 9.73. The van der Waals surface area contributed by atoms with E-state index in [9.17, 15) is 4.79 Å². The zero-order valence-electron chi connectivity index (χ0n) is 13.4. The summed E-state index contributed by atoms with van der Waals surface area (Å²) in [5.41, 5.74) is 2.59. The Bertz CT molecular complexity index is 475. The van der Waals surface area contributed by atoms with Gasteiger partial charge in [0.1, 0.15) is 0 Å². The van der Waals surface area contributed by atoms with Crippen LogP contribution in [-0.4, -0.2) is 49.1 Å². The van der Waals surface area contributed by atoms with Crippen molar-refractivity contribution in [3.8, 4) is 0 Å². The zero-order chi connectivity index (χ0) is 15.2. The molecule has 1 amide bonds. The number of aryl methyl sites for hydroxylation is 1. The van der Waals surface area contributed by atoms with E-state index < -0.39 is 0 Å². The van der Waals surface area contributed by atoms with E-state index in [-0.39, 0.29) is 11.9 Å². The first kappa shape index (κ1) is 16.0. The Labute approximate surface area is 127 Å². The lowest BCUT2D eigenvalue weighted by Crippen LogP contribution is -2.53. The van der Waals surface area contributed by atoms with Crippen LogP contribution in [0.2, 0.25) is 0 Å². The molecule has 1 saturated heterocycles. The number of amides is 1. The van der Waals surface area contributed by atoms with E-state index in [4.69, 9.17) is 0 Å². The Kier molecular flexibility index (Phi) is 5.76. The first-order chi connectivity index (χ1) is 10.1. The fourth-order valence-electron chi connectivity index (χ4n) is 2.84. The Morgan fingerprint density at radius 3 is 2.95 bits per heavy atom. The van der Waals surface area contributed by atoms with Crippen LogP contribution in [0.4, 0.5) is 0 Å². The van der Waals surface area contributed by atoms with Gasteiger partial charge >= 0.3 is 0 Å². The van der Waals surface area contributed by atoms with Gasteiger partial charge in [-0.25, -0.2) is 0 Å². The highest BCUT2D eigenvalue weighted by atomic mass is 16.2. The molecule has 2 atom stereocenters.